The maximum absolute atomic E-state index is 5.25. The lowest BCUT2D eigenvalue weighted by molar-refractivity contribution is 0.970. The van der Waals surface area contributed by atoms with Crippen molar-refractivity contribution in [3.8, 4) is 0 Å². The largest absolute Gasteiger partial charge is 0.229 e. The Morgan fingerprint density at radius 3 is 3.12 bits per heavy atom. The molecule has 1 rings (SSSR count). The third kappa shape index (κ3) is 1.47. The van der Waals surface area contributed by atoms with E-state index in [0.717, 1.165) is 6.54 Å². The van der Waals surface area contributed by atoms with Crippen LogP contribution in [0.1, 0.15) is 5.56 Å². The van der Waals surface area contributed by atoms with Gasteiger partial charge in [0.15, 0.2) is 0 Å². The number of thiophene rings is 1. The Morgan fingerprint density at radius 1 is 1.75 bits per heavy atom. The molecular formula is C5H6ClNS. The van der Waals surface area contributed by atoms with Crippen molar-refractivity contribution in [2.24, 2.45) is 0 Å². The summed E-state index contributed by atoms with van der Waals surface area (Å²) >= 11 is 6.93. The zero-order chi connectivity index (χ0) is 5.82. The zero-order valence-electron chi connectivity index (χ0n) is 4.23. The molecule has 0 bridgehead atoms. The lowest BCUT2D eigenvalue weighted by Crippen LogP contribution is -1.94. The predicted molar refractivity (Wildman–Crippen MR) is 37.0 cm³/mol. The molecule has 0 aromatic carbocycles. The van der Waals surface area contributed by atoms with Gasteiger partial charge in [0.25, 0.3) is 0 Å². The quantitative estimate of drug-likeness (QED) is 0.631. The Balaban J connectivity index is 2.50. The van der Waals surface area contributed by atoms with Crippen molar-refractivity contribution in [1.82, 2.24) is 4.84 Å². The minimum atomic E-state index is 0.755. The highest BCUT2D eigenvalue weighted by Crippen LogP contribution is 2.04. The average molecular weight is 148 g/mol. The molecule has 1 nitrogen and oxygen atoms in total. The molecule has 44 valence electrons. The van der Waals surface area contributed by atoms with Crippen LogP contribution in [0.5, 0.6) is 0 Å². The molecule has 0 aliphatic carbocycles. The van der Waals surface area contributed by atoms with Crippen LogP contribution in [0.3, 0.4) is 0 Å². The second-order valence-corrected chi connectivity index (χ2v) is 2.49. The van der Waals surface area contributed by atoms with E-state index in [9.17, 15) is 0 Å². The Hall–Kier alpha value is -0.0500. The predicted octanol–water partition coefficient (Wildman–Crippen LogP) is 1.99. The number of rotatable bonds is 2. The fraction of sp³-hybridized carbons (Fsp3) is 0.200. The lowest BCUT2D eigenvalue weighted by Gasteiger charge is -1.87. The summed E-state index contributed by atoms with van der Waals surface area (Å²) in [6.07, 6.45) is 0. The summed E-state index contributed by atoms with van der Waals surface area (Å²) in [5, 5.41) is 4.10. The summed E-state index contributed by atoms with van der Waals surface area (Å²) < 4.78 is 0. The van der Waals surface area contributed by atoms with Gasteiger partial charge in [0, 0.05) is 6.54 Å². The van der Waals surface area contributed by atoms with E-state index >= 15 is 0 Å². The molecule has 3 heteroatoms. The van der Waals surface area contributed by atoms with Gasteiger partial charge in [-0.15, -0.1) is 0 Å². The normalized spacial score (nSPS) is 9.62. The van der Waals surface area contributed by atoms with Crippen LogP contribution < -0.4 is 4.84 Å². The number of hydrogen-bond acceptors (Lipinski definition) is 2. The van der Waals surface area contributed by atoms with Gasteiger partial charge >= 0.3 is 0 Å². The molecule has 0 spiro atoms. The first-order valence-electron chi connectivity index (χ1n) is 2.28. The zero-order valence-corrected chi connectivity index (χ0v) is 5.80. The molecule has 0 fully saturated rings. The van der Waals surface area contributed by atoms with Crippen LogP contribution in [0.4, 0.5) is 0 Å². The van der Waals surface area contributed by atoms with Crippen LogP contribution in [0, 0.1) is 0 Å². The minimum Gasteiger partial charge on any atom is -0.229 e. The molecule has 1 N–H and O–H groups in total. The van der Waals surface area contributed by atoms with E-state index in [0.29, 0.717) is 0 Å². The molecule has 0 radical (unpaired) electrons. The van der Waals surface area contributed by atoms with Crippen LogP contribution in [-0.4, -0.2) is 0 Å². The number of hydrogen-bond donors (Lipinski definition) is 1. The van der Waals surface area contributed by atoms with Gasteiger partial charge in [0.2, 0.25) is 0 Å². The molecule has 0 amide bonds. The molecule has 1 heterocycles. The molecule has 8 heavy (non-hydrogen) atoms. The van der Waals surface area contributed by atoms with Crippen LogP contribution in [-0.2, 0) is 6.54 Å². The van der Waals surface area contributed by atoms with Crippen molar-refractivity contribution in [3.05, 3.63) is 22.4 Å². The second-order valence-electron chi connectivity index (χ2n) is 1.44. The van der Waals surface area contributed by atoms with Crippen molar-refractivity contribution in [3.63, 3.8) is 0 Å². The third-order valence-electron chi connectivity index (χ3n) is 0.851. The first-order chi connectivity index (χ1) is 3.93. The van der Waals surface area contributed by atoms with E-state index in [4.69, 9.17) is 11.8 Å². The molecule has 1 aromatic rings. The fourth-order valence-electron chi connectivity index (χ4n) is 0.470. The molecule has 0 unspecified atom stereocenters. The van der Waals surface area contributed by atoms with Crippen molar-refractivity contribution in [2.75, 3.05) is 0 Å². The molecule has 0 saturated carbocycles. The van der Waals surface area contributed by atoms with Crippen molar-refractivity contribution < 1.29 is 0 Å². The topological polar surface area (TPSA) is 12.0 Å². The molecule has 0 aliphatic heterocycles. The van der Waals surface area contributed by atoms with E-state index < -0.39 is 0 Å². The second kappa shape index (κ2) is 3.07. The summed E-state index contributed by atoms with van der Waals surface area (Å²) in [6.45, 7) is 0.755. The maximum Gasteiger partial charge on any atom is 0.0367 e. The Bertz CT molecular complexity index is 138. The molecular weight excluding hydrogens is 142 g/mol. The first-order valence-corrected chi connectivity index (χ1v) is 3.60. The SMILES string of the molecule is ClNCc1ccsc1. The van der Waals surface area contributed by atoms with E-state index in [1.54, 1.807) is 11.3 Å². The van der Waals surface area contributed by atoms with E-state index in [1.165, 1.54) is 5.56 Å². The third-order valence-corrected chi connectivity index (χ3v) is 1.72. The summed E-state index contributed by atoms with van der Waals surface area (Å²) in [4.78, 5) is 2.55. The van der Waals surface area contributed by atoms with Crippen molar-refractivity contribution in [1.29, 1.82) is 0 Å². The standard InChI is InChI=1S/C5H6ClNS/c6-7-3-5-1-2-8-4-5/h1-2,4,7H,3H2. The van der Waals surface area contributed by atoms with Crippen LogP contribution in [0.2, 0.25) is 0 Å². The summed E-state index contributed by atoms with van der Waals surface area (Å²) in [5.41, 5.74) is 1.24. The van der Waals surface area contributed by atoms with E-state index in [1.807, 2.05) is 11.4 Å². The maximum atomic E-state index is 5.25. The van der Waals surface area contributed by atoms with Crippen LogP contribution in [0.15, 0.2) is 16.8 Å². The molecule has 0 aliphatic rings. The monoisotopic (exact) mass is 147 g/mol. The Morgan fingerprint density at radius 2 is 2.62 bits per heavy atom. The fourth-order valence-corrected chi connectivity index (χ4v) is 1.29. The van der Waals surface area contributed by atoms with Gasteiger partial charge in [-0.25, -0.2) is 4.84 Å². The Kier molecular flexibility index (Phi) is 2.33. The van der Waals surface area contributed by atoms with Gasteiger partial charge in [0.1, 0.15) is 0 Å². The number of nitrogens with one attached hydrogen (secondary N) is 1. The first kappa shape index (κ1) is 6.08. The number of halogens is 1. The Labute approximate surface area is 57.4 Å². The van der Waals surface area contributed by atoms with E-state index in [2.05, 4.69) is 10.2 Å². The van der Waals surface area contributed by atoms with Gasteiger partial charge in [0.05, 0.1) is 0 Å². The van der Waals surface area contributed by atoms with Gasteiger partial charge in [-0.1, -0.05) is 0 Å². The highest BCUT2D eigenvalue weighted by Gasteiger charge is 1.86. The molecule has 0 atom stereocenters. The highest BCUT2D eigenvalue weighted by atomic mass is 35.5. The molecule has 0 saturated heterocycles. The van der Waals surface area contributed by atoms with E-state index in [-0.39, 0.29) is 0 Å². The van der Waals surface area contributed by atoms with Crippen molar-refractivity contribution in [2.45, 2.75) is 6.54 Å². The van der Waals surface area contributed by atoms with Gasteiger partial charge in [-0.3, -0.25) is 0 Å². The average Bonchev–Trinajstić information content (AvgIpc) is 2.19. The highest BCUT2D eigenvalue weighted by molar-refractivity contribution is 7.07. The van der Waals surface area contributed by atoms with Crippen LogP contribution >= 0.6 is 23.1 Å². The lowest BCUT2D eigenvalue weighted by atomic mass is 10.4. The van der Waals surface area contributed by atoms with Crippen LogP contribution in [0.25, 0.3) is 0 Å². The van der Waals surface area contributed by atoms with Gasteiger partial charge in [-0.2, -0.15) is 11.3 Å². The summed E-state index contributed by atoms with van der Waals surface area (Å²) in [6, 6.07) is 2.04. The smallest absolute Gasteiger partial charge is 0.0367 e. The van der Waals surface area contributed by atoms with Gasteiger partial charge in [-0.05, 0) is 34.2 Å². The molecule has 1 aromatic heterocycles. The van der Waals surface area contributed by atoms with Gasteiger partial charge < -0.3 is 0 Å². The summed E-state index contributed by atoms with van der Waals surface area (Å²) in [7, 11) is 0. The van der Waals surface area contributed by atoms with Crippen molar-refractivity contribution >= 4 is 23.1 Å². The summed E-state index contributed by atoms with van der Waals surface area (Å²) in [5.74, 6) is 0. The minimum absolute atomic E-state index is 0.755.